The molecule has 1 aromatic rings. The van der Waals surface area contributed by atoms with Crippen LogP contribution in [0.15, 0.2) is 18.5 Å². The third-order valence-corrected chi connectivity index (χ3v) is 5.34. The summed E-state index contributed by atoms with van der Waals surface area (Å²) in [7, 11) is 0. The largest absolute Gasteiger partial charge is 0.368 e. The molecule has 2 fully saturated rings. The molecule has 3 heterocycles. The monoisotopic (exact) mass is 350 g/mol. The molecule has 0 radical (unpaired) electrons. The number of hydrogen-bond donors (Lipinski definition) is 0. The van der Waals surface area contributed by atoms with Crippen molar-refractivity contribution in [1.29, 1.82) is 0 Å². The summed E-state index contributed by atoms with van der Waals surface area (Å²) in [6.07, 6.45) is 4.69. The van der Waals surface area contributed by atoms with Crippen molar-refractivity contribution in [3.05, 3.63) is 23.5 Å². The topological polar surface area (TPSA) is 39.7 Å². The van der Waals surface area contributed by atoms with Crippen LogP contribution in [0.25, 0.3) is 0 Å². The second-order valence-corrected chi connectivity index (χ2v) is 7.74. The summed E-state index contributed by atoms with van der Waals surface area (Å²) < 4.78 is 0. The highest BCUT2D eigenvalue weighted by molar-refractivity contribution is 6.33. The summed E-state index contributed by atoms with van der Waals surface area (Å²) in [5.41, 5.74) is 1.04. The lowest BCUT2D eigenvalue weighted by Gasteiger charge is -2.39. The normalized spacial score (nSPS) is 25.8. The molecule has 132 valence electrons. The number of aromatic nitrogens is 1. The molecule has 2 atom stereocenters. The minimum Gasteiger partial charge on any atom is -0.368 e. The standard InChI is InChI=1S/C18H27ClN4O/c1-14-9-15(2)12-23(11-14)18(24)13-21-5-7-22(8-6-21)17-3-4-20-10-16(17)19/h3-4,10,14-15H,5-9,11-13H2,1-2H3. The summed E-state index contributed by atoms with van der Waals surface area (Å²) in [5, 5.41) is 0.693. The molecule has 0 N–H and O–H groups in total. The average Bonchev–Trinajstić information content (AvgIpc) is 2.55. The van der Waals surface area contributed by atoms with E-state index in [-0.39, 0.29) is 5.91 Å². The van der Waals surface area contributed by atoms with E-state index in [1.807, 2.05) is 6.07 Å². The Morgan fingerprint density at radius 1 is 1.21 bits per heavy atom. The van der Waals surface area contributed by atoms with Gasteiger partial charge in [0, 0.05) is 51.7 Å². The van der Waals surface area contributed by atoms with Gasteiger partial charge in [-0.3, -0.25) is 14.7 Å². The van der Waals surface area contributed by atoms with Crippen molar-refractivity contribution in [2.45, 2.75) is 20.3 Å². The molecular weight excluding hydrogens is 324 g/mol. The predicted octanol–water partition coefficient (Wildman–Crippen LogP) is 2.36. The summed E-state index contributed by atoms with van der Waals surface area (Å²) >= 11 is 6.23. The Kier molecular flexibility index (Phi) is 5.61. The van der Waals surface area contributed by atoms with Gasteiger partial charge in [0.25, 0.3) is 0 Å². The van der Waals surface area contributed by atoms with Crippen LogP contribution in [0.1, 0.15) is 20.3 Å². The van der Waals surface area contributed by atoms with Crippen LogP contribution in [-0.4, -0.2) is 66.5 Å². The van der Waals surface area contributed by atoms with Crippen molar-refractivity contribution in [2.24, 2.45) is 11.8 Å². The molecule has 0 bridgehead atoms. The van der Waals surface area contributed by atoms with Gasteiger partial charge in [-0.1, -0.05) is 25.4 Å². The van der Waals surface area contributed by atoms with Crippen LogP contribution in [-0.2, 0) is 4.79 Å². The summed E-state index contributed by atoms with van der Waals surface area (Å²) in [6.45, 7) is 10.4. The lowest BCUT2D eigenvalue weighted by atomic mass is 9.92. The number of carbonyl (C=O) groups excluding carboxylic acids is 1. The molecule has 2 saturated heterocycles. The number of piperazine rings is 1. The fraction of sp³-hybridized carbons (Fsp3) is 0.667. The lowest BCUT2D eigenvalue weighted by Crippen LogP contribution is -2.52. The van der Waals surface area contributed by atoms with E-state index in [9.17, 15) is 4.79 Å². The van der Waals surface area contributed by atoms with Gasteiger partial charge in [-0.25, -0.2) is 0 Å². The van der Waals surface area contributed by atoms with Gasteiger partial charge in [-0.2, -0.15) is 0 Å². The van der Waals surface area contributed by atoms with Crippen LogP contribution in [0, 0.1) is 11.8 Å². The molecule has 5 nitrogen and oxygen atoms in total. The van der Waals surface area contributed by atoms with E-state index >= 15 is 0 Å². The van der Waals surface area contributed by atoms with Gasteiger partial charge in [0.05, 0.1) is 17.3 Å². The summed E-state index contributed by atoms with van der Waals surface area (Å²) in [6, 6.07) is 1.96. The third kappa shape index (κ3) is 4.19. The Balaban J connectivity index is 1.50. The highest BCUT2D eigenvalue weighted by Crippen LogP contribution is 2.25. The highest BCUT2D eigenvalue weighted by Gasteiger charge is 2.27. The van der Waals surface area contributed by atoms with Crippen molar-refractivity contribution in [3.8, 4) is 0 Å². The van der Waals surface area contributed by atoms with E-state index in [4.69, 9.17) is 11.6 Å². The SMILES string of the molecule is CC1CC(C)CN(C(=O)CN2CCN(c3ccncc3Cl)CC2)C1. The minimum absolute atomic E-state index is 0.281. The molecule has 0 aliphatic carbocycles. The molecule has 0 saturated carbocycles. The van der Waals surface area contributed by atoms with Crippen LogP contribution in [0.4, 0.5) is 5.69 Å². The quantitative estimate of drug-likeness (QED) is 0.839. The molecule has 3 rings (SSSR count). The van der Waals surface area contributed by atoms with E-state index in [2.05, 4.69) is 33.5 Å². The second kappa shape index (κ2) is 7.70. The van der Waals surface area contributed by atoms with Crippen molar-refractivity contribution in [1.82, 2.24) is 14.8 Å². The number of halogens is 1. The summed E-state index contributed by atoms with van der Waals surface area (Å²) in [5.74, 6) is 1.51. The molecule has 6 heteroatoms. The Bertz CT molecular complexity index is 564. The molecular formula is C18H27ClN4O. The first-order chi connectivity index (χ1) is 11.5. The molecule has 0 spiro atoms. The maximum absolute atomic E-state index is 12.6. The molecule has 2 unspecified atom stereocenters. The zero-order valence-corrected chi connectivity index (χ0v) is 15.4. The van der Waals surface area contributed by atoms with Crippen LogP contribution < -0.4 is 4.90 Å². The predicted molar refractivity (Wildman–Crippen MR) is 97.4 cm³/mol. The Hall–Kier alpha value is -1.33. The molecule has 1 aromatic heterocycles. The minimum atomic E-state index is 0.281. The van der Waals surface area contributed by atoms with Crippen molar-refractivity contribution in [2.75, 3.05) is 50.7 Å². The van der Waals surface area contributed by atoms with E-state index in [0.717, 1.165) is 45.0 Å². The van der Waals surface area contributed by atoms with Gasteiger partial charge in [0.1, 0.15) is 0 Å². The van der Waals surface area contributed by atoms with Crippen LogP contribution in [0.3, 0.4) is 0 Å². The van der Waals surface area contributed by atoms with Crippen molar-refractivity contribution in [3.63, 3.8) is 0 Å². The summed E-state index contributed by atoms with van der Waals surface area (Å²) in [4.78, 5) is 23.2. The van der Waals surface area contributed by atoms with Crippen LogP contribution >= 0.6 is 11.6 Å². The van der Waals surface area contributed by atoms with Gasteiger partial charge in [0.2, 0.25) is 5.91 Å². The molecule has 2 aliphatic heterocycles. The Morgan fingerprint density at radius 2 is 1.88 bits per heavy atom. The van der Waals surface area contributed by atoms with Gasteiger partial charge < -0.3 is 9.80 Å². The molecule has 1 amide bonds. The number of carbonyl (C=O) groups is 1. The van der Waals surface area contributed by atoms with Crippen molar-refractivity contribution >= 4 is 23.2 Å². The molecule has 0 aromatic carbocycles. The van der Waals surface area contributed by atoms with Gasteiger partial charge >= 0.3 is 0 Å². The average molecular weight is 351 g/mol. The highest BCUT2D eigenvalue weighted by atomic mass is 35.5. The molecule has 2 aliphatic rings. The number of anilines is 1. The smallest absolute Gasteiger partial charge is 0.236 e. The maximum Gasteiger partial charge on any atom is 0.236 e. The maximum atomic E-state index is 12.6. The Labute approximate surface area is 149 Å². The number of likely N-dealkylation sites (tertiary alicyclic amines) is 1. The number of rotatable bonds is 3. The zero-order valence-electron chi connectivity index (χ0n) is 14.6. The Morgan fingerprint density at radius 3 is 2.50 bits per heavy atom. The fourth-order valence-corrected chi connectivity index (χ4v) is 4.17. The third-order valence-electron chi connectivity index (χ3n) is 5.04. The van der Waals surface area contributed by atoms with Gasteiger partial charge in [-0.05, 0) is 24.3 Å². The van der Waals surface area contributed by atoms with E-state index in [0.29, 0.717) is 23.4 Å². The first-order valence-electron chi connectivity index (χ1n) is 8.87. The van der Waals surface area contributed by atoms with Crippen molar-refractivity contribution < 1.29 is 4.79 Å². The van der Waals surface area contributed by atoms with E-state index < -0.39 is 0 Å². The van der Waals surface area contributed by atoms with E-state index in [1.165, 1.54) is 6.42 Å². The molecule has 24 heavy (non-hydrogen) atoms. The first kappa shape index (κ1) is 17.5. The number of pyridine rings is 1. The second-order valence-electron chi connectivity index (χ2n) is 7.34. The van der Waals surface area contributed by atoms with Gasteiger partial charge in [0.15, 0.2) is 0 Å². The first-order valence-corrected chi connectivity index (χ1v) is 9.25. The van der Waals surface area contributed by atoms with Crippen LogP contribution in [0.5, 0.6) is 0 Å². The lowest BCUT2D eigenvalue weighted by molar-refractivity contribution is -0.135. The van der Waals surface area contributed by atoms with Gasteiger partial charge in [-0.15, -0.1) is 0 Å². The van der Waals surface area contributed by atoms with Crippen LogP contribution in [0.2, 0.25) is 5.02 Å². The fourth-order valence-electron chi connectivity index (χ4n) is 3.93. The number of nitrogens with zero attached hydrogens (tertiary/aromatic N) is 4. The number of hydrogen-bond acceptors (Lipinski definition) is 4. The van der Waals surface area contributed by atoms with E-state index in [1.54, 1.807) is 12.4 Å². The number of piperidine rings is 1. The number of amides is 1. The zero-order chi connectivity index (χ0) is 17.1.